The number of pyridine rings is 1. The summed E-state index contributed by atoms with van der Waals surface area (Å²) in [6.07, 6.45) is 1.97. The minimum Gasteiger partial charge on any atom is -0.395 e. The summed E-state index contributed by atoms with van der Waals surface area (Å²) in [5.41, 5.74) is 6.76. The van der Waals surface area contributed by atoms with Gasteiger partial charge >= 0.3 is 0 Å². The molecule has 0 aliphatic heterocycles. The molecule has 0 fully saturated rings. The molecule has 4 heteroatoms. The zero-order valence-electron chi connectivity index (χ0n) is 7.70. The highest BCUT2D eigenvalue weighted by Gasteiger charge is 1.98. The van der Waals surface area contributed by atoms with Crippen molar-refractivity contribution in [1.82, 2.24) is 4.98 Å². The molecule has 14 heavy (non-hydrogen) atoms. The minimum absolute atomic E-state index is 0.0439. The van der Waals surface area contributed by atoms with Gasteiger partial charge in [0.25, 0.3) is 0 Å². The Balaban J connectivity index is 2.86. The van der Waals surface area contributed by atoms with Crippen molar-refractivity contribution in [3.05, 3.63) is 23.4 Å². The van der Waals surface area contributed by atoms with Crippen LogP contribution in [0.3, 0.4) is 0 Å². The SMILES string of the molecule is Nc1ncc(C#CCCO)cc1CO. The van der Waals surface area contributed by atoms with Crippen LogP contribution in [-0.2, 0) is 6.61 Å². The first-order valence-corrected chi connectivity index (χ1v) is 4.23. The van der Waals surface area contributed by atoms with Crippen molar-refractivity contribution >= 4 is 5.82 Å². The fourth-order valence-electron chi connectivity index (χ4n) is 0.936. The molecule has 4 N–H and O–H groups in total. The summed E-state index contributed by atoms with van der Waals surface area (Å²) < 4.78 is 0. The molecular weight excluding hydrogens is 180 g/mol. The van der Waals surface area contributed by atoms with E-state index < -0.39 is 0 Å². The topological polar surface area (TPSA) is 79.4 Å². The van der Waals surface area contributed by atoms with Crippen LogP contribution < -0.4 is 5.73 Å². The first kappa shape index (κ1) is 10.5. The van der Waals surface area contributed by atoms with E-state index in [0.717, 1.165) is 0 Å². The van der Waals surface area contributed by atoms with E-state index in [-0.39, 0.29) is 13.2 Å². The quantitative estimate of drug-likeness (QED) is 0.571. The molecule has 1 heterocycles. The Labute approximate surface area is 82.4 Å². The third-order valence-corrected chi connectivity index (χ3v) is 1.64. The van der Waals surface area contributed by atoms with Crippen LogP contribution in [-0.4, -0.2) is 21.8 Å². The summed E-state index contributed by atoms with van der Waals surface area (Å²) in [5, 5.41) is 17.4. The van der Waals surface area contributed by atoms with Gasteiger partial charge in [-0.1, -0.05) is 11.8 Å². The lowest BCUT2D eigenvalue weighted by atomic mass is 10.2. The average molecular weight is 192 g/mol. The van der Waals surface area contributed by atoms with Crippen LogP contribution in [0.25, 0.3) is 0 Å². The summed E-state index contributed by atoms with van der Waals surface area (Å²) in [7, 11) is 0. The molecule has 1 aromatic rings. The van der Waals surface area contributed by atoms with Crippen molar-refractivity contribution in [2.45, 2.75) is 13.0 Å². The molecule has 0 aliphatic carbocycles. The van der Waals surface area contributed by atoms with E-state index in [4.69, 9.17) is 15.9 Å². The standard InChI is InChI=1S/C10H12N2O2/c11-10-9(7-14)5-8(6-12-10)3-1-2-4-13/h5-6,13-14H,2,4,7H2,(H2,11,12). The van der Waals surface area contributed by atoms with Gasteiger partial charge in [0.2, 0.25) is 0 Å². The molecule has 0 saturated heterocycles. The third kappa shape index (κ3) is 2.73. The maximum absolute atomic E-state index is 8.91. The van der Waals surface area contributed by atoms with Gasteiger partial charge in [0.05, 0.1) is 13.2 Å². The molecule has 0 unspecified atom stereocenters. The number of anilines is 1. The van der Waals surface area contributed by atoms with E-state index in [9.17, 15) is 0 Å². The van der Waals surface area contributed by atoms with Crippen LogP contribution in [0.1, 0.15) is 17.5 Å². The highest BCUT2D eigenvalue weighted by atomic mass is 16.3. The molecular formula is C10H12N2O2. The van der Waals surface area contributed by atoms with Crippen molar-refractivity contribution in [2.24, 2.45) is 0 Å². The van der Waals surface area contributed by atoms with Crippen LogP contribution in [0, 0.1) is 11.8 Å². The molecule has 0 spiro atoms. The molecule has 1 aromatic heterocycles. The largest absolute Gasteiger partial charge is 0.395 e. The van der Waals surface area contributed by atoms with Crippen LogP contribution in [0.15, 0.2) is 12.3 Å². The number of nitrogen functional groups attached to an aromatic ring is 1. The molecule has 74 valence electrons. The lowest BCUT2D eigenvalue weighted by Gasteiger charge is -2.00. The molecule has 0 saturated carbocycles. The van der Waals surface area contributed by atoms with Crippen molar-refractivity contribution in [3.8, 4) is 11.8 Å². The number of rotatable bonds is 2. The summed E-state index contributed by atoms with van der Waals surface area (Å²) >= 11 is 0. The second-order valence-corrected chi connectivity index (χ2v) is 2.70. The normalized spacial score (nSPS) is 9.29. The zero-order valence-corrected chi connectivity index (χ0v) is 7.70. The van der Waals surface area contributed by atoms with E-state index in [0.29, 0.717) is 23.4 Å². The average Bonchev–Trinajstić information content (AvgIpc) is 2.21. The van der Waals surface area contributed by atoms with Crippen molar-refractivity contribution in [2.75, 3.05) is 12.3 Å². The molecule has 4 nitrogen and oxygen atoms in total. The summed E-state index contributed by atoms with van der Waals surface area (Å²) in [4.78, 5) is 3.88. The summed E-state index contributed by atoms with van der Waals surface area (Å²) in [6.45, 7) is -0.101. The Kier molecular flexibility index (Phi) is 3.92. The smallest absolute Gasteiger partial charge is 0.128 e. The Morgan fingerprint density at radius 2 is 2.21 bits per heavy atom. The Morgan fingerprint density at radius 1 is 1.43 bits per heavy atom. The fourth-order valence-corrected chi connectivity index (χ4v) is 0.936. The highest BCUT2D eigenvalue weighted by molar-refractivity contribution is 5.45. The number of aliphatic hydroxyl groups is 2. The lowest BCUT2D eigenvalue weighted by molar-refractivity contribution is 0.282. The van der Waals surface area contributed by atoms with Gasteiger partial charge < -0.3 is 15.9 Å². The van der Waals surface area contributed by atoms with Crippen molar-refractivity contribution in [3.63, 3.8) is 0 Å². The second kappa shape index (κ2) is 5.22. The number of nitrogens with zero attached hydrogens (tertiary/aromatic N) is 1. The highest BCUT2D eigenvalue weighted by Crippen LogP contribution is 2.09. The van der Waals surface area contributed by atoms with Gasteiger partial charge in [0.15, 0.2) is 0 Å². The molecule has 0 aromatic carbocycles. The summed E-state index contributed by atoms with van der Waals surface area (Å²) in [5.74, 6) is 5.89. The van der Waals surface area contributed by atoms with Gasteiger partial charge in [-0.2, -0.15) is 0 Å². The first-order valence-electron chi connectivity index (χ1n) is 4.23. The predicted octanol–water partition coefficient (Wildman–Crippen LogP) is -0.110. The predicted molar refractivity (Wildman–Crippen MR) is 53.2 cm³/mol. The fraction of sp³-hybridized carbons (Fsp3) is 0.300. The molecule has 0 bridgehead atoms. The number of hydrogen-bond donors (Lipinski definition) is 3. The number of aliphatic hydroxyl groups excluding tert-OH is 2. The van der Waals surface area contributed by atoms with Gasteiger partial charge in [-0.15, -0.1) is 0 Å². The van der Waals surface area contributed by atoms with Crippen molar-refractivity contribution < 1.29 is 10.2 Å². The van der Waals surface area contributed by atoms with Gasteiger partial charge in [0, 0.05) is 23.7 Å². The van der Waals surface area contributed by atoms with E-state index in [1.165, 1.54) is 0 Å². The van der Waals surface area contributed by atoms with Crippen molar-refractivity contribution in [1.29, 1.82) is 0 Å². The van der Waals surface area contributed by atoms with E-state index in [2.05, 4.69) is 16.8 Å². The van der Waals surface area contributed by atoms with E-state index in [1.807, 2.05) is 0 Å². The molecule has 0 amide bonds. The number of nitrogens with two attached hydrogens (primary N) is 1. The zero-order chi connectivity index (χ0) is 10.4. The van der Waals surface area contributed by atoms with E-state index in [1.54, 1.807) is 12.3 Å². The Bertz CT molecular complexity index is 366. The monoisotopic (exact) mass is 192 g/mol. The molecule has 0 aliphatic rings. The molecule has 1 rings (SSSR count). The maximum Gasteiger partial charge on any atom is 0.128 e. The van der Waals surface area contributed by atoms with Crippen LogP contribution in [0.4, 0.5) is 5.82 Å². The van der Waals surface area contributed by atoms with Gasteiger partial charge in [0.1, 0.15) is 5.82 Å². The Morgan fingerprint density at radius 3 is 2.86 bits per heavy atom. The second-order valence-electron chi connectivity index (χ2n) is 2.70. The molecule has 0 radical (unpaired) electrons. The minimum atomic E-state index is -0.144. The van der Waals surface area contributed by atoms with Crippen LogP contribution in [0.5, 0.6) is 0 Å². The summed E-state index contributed by atoms with van der Waals surface area (Å²) in [6, 6.07) is 1.69. The van der Waals surface area contributed by atoms with Gasteiger partial charge in [-0.3, -0.25) is 0 Å². The first-order chi connectivity index (χ1) is 6.77. The molecule has 0 atom stereocenters. The van der Waals surface area contributed by atoms with E-state index >= 15 is 0 Å². The Hall–Kier alpha value is -1.57. The van der Waals surface area contributed by atoms with Crippen LogP contribution >= 0.6 is 0 Å². The third-order valence-electron chi connectivity index (χ3n) is 1.64. The lowest BCUT2D eigenvalue weighted by Crippen LogP contribution is -1.98. The van der Waals surface area contributed by atoms with Crippen LogP contribution in [0.2, 0.25) is 0 Å². The number of hydrogen-bond acceptors (Lipinski definition) is 4. The van der Waals surface area contributed by atoms with Gasteiger partial charge in [-0.25, -0.2) is 4.98 Å². The maximum atomic E-state index is 8.91. The van der Waals surface area contributed by atoms with Gasteiger partial charge in [-0.05, 0) is 6.07 Å². The number of aromatic nitrogens is 1.